The standard InChI is InChI=1S/C18H15F3N2O2/c1-10(2)16-22-14-9-12(18(19,20)21)6-7-15(14)23(16)13-5-3-4-11(8-13)17(24)25/h3-10H,1-2H3,(H,24,25). The predicted octanol–water partition coefficient (Wildman–Crippen LogP) is 4.87. The van der Waals surface area contributed by atoms with Crippen LogP contribution in [0.15, 0.2) is 42.5 Å². The summed E-state index contributed by atoms with van der Waals surface area (Å²) < 4.78 is 40.5. The molecular formula is C18H15F3N2O2. The molecule has 2 aromatic carbocycles. The number of hydrogen-bond acceptors (Lipinski definition) is 2. The number of carboxylic acids is 1. The van der Waals surface area contributed by atoms with Crippen LogP contribution in [0.4, 0.5) is 13.2 Å². The van der Waals surface area contributed by atoms with Crippen molar-refractivity contribution in [3.05, 3.63) is 59.4 Å². The van der Waals surface area contributed by atoms with Gasteiger partial charge in [-0.05, 0) is 36.4 Å². The number of alkyl halides is 3. The van der Waals surface area contributed by atoms with Crippen LogP contribution in [0.5, 0.6) is 0 Å². The van der Waals surface area contributed by atoms with E-state index < -0.39 is 17.7 Å². The third-order valence-electron chi connectivity index (χ3n) is 3.88. The largest absolute Gasteiger partial charge is 0.478 e. The number of fused-ring (bicyclic) bond motifs is 1. The predicted molar refractivity (Wildman–Crippen MR) is 87.1 cm³/mol. The van der Waals surface area contributed by atoms with Gasteiger partial charge >= 0.3 is 12.1 Å². The molecule has 7 heteroatoms. The van der Waals surface area contributed by atoms with E-state index in [-0.39, 0.29) is 17.0 Å². The first-order valence-electron chi connectivity index (χ1n) is 7.62. The Morgan fingerprint density at radius 2 is 1.88 bits per heavy atom. The first kappa shape index (κ1) is 17.0. The van der Waals surface area contributed by atoms with E-state index in [9.17, 15) is 23.1 Å². The molecule has 25 heavy (non-hydrogen) atoms. The highest BCUT2D eigenvalue weighted by atomic mass is 19.4. The molecule has 4 nitrogen and oxygen atoms in total. The molecule has 0 aliphatic rings. The number of hydrogen-bond donors (Lipinski definition) is 1. The zero-order valence-electron chi connectivity index (χ0n) is 13.5. The molecular weight excluding hydrogens is 333 g/mol. The van der Waals surface area contributed by atoms with E-state index in [4.69, 9.17) is 0 Å². The summed E-state index contributed by atoms with van der Waals surface area (Å²) in [5.74, 6) is -0.566. The van der Waals surface area contributed by atoms with Crippen LogP contribution in [-0.4, -0.2) is 20.6 Å². The van der Waals surface area contributed by atoms with Crippen molar-refractivity contribution in [1.29, 1.82) is 0 Å². The minimum absolute atomic E-state index is 0.0600. The Morgan fingerprint density at radius 3 is 2.48 bits per heavy atom. The number of nitrogens with zero attached hydrogens (tertiary/aromatic N) is 2. The Hall–Kier alpha value is -2.83. The fourth-order valence-electron chi connectivity index (χ4n) is 2.71. The molecule has 0 atom stereocenters. The third-order valence-corrected chi connectivity index (χ3v) is 3.88. The van der Waals surface area contributed by atoms with Gasteiger partial charge in [0, 0.05) is 11.6 Å². The average molecular weight is 348 g/mol. The molecule has 0 amide bonds. The molecule has 1 aromatic heterocycles. The van der Waals surface area contributed by atoms with E-state index in [2.05, 4.69) is 4.98 Å². The molecule has 0 aliphatic carbocycles. The molecule has 0 fully saturated rings. The van der Waals surface area contributed by atoms with E-state index in [0.29, 0.717) is 17.0 Å². The van der Waals surface area contributed by atoms with Gasteiger partial charge in [0.25, 0.3) is 0 Å². The van der Waals surface area contributed by atoms with Crippen molar-refractivity contribution in [1.82, 2.24) is 9.55 Å². The SMILES string of the molecule is CC(C)c1nc2cc(C(F)(F)F)ccc2n1-c1cccc(C(=O)O)c1. The maximum Gasteiger partial charge on any atom is 0.416 e. The summed E-state index contributed by atoms with van der Waals surface area (Å²) in [4.78, 5) is 15.6. The summed E-state index contributed by atoms with van der Waals surface area (Å²) in [6.07, 6.45) is -4.45. The van der Waals surface area contributed by atoms with Gasteiger partial charge in [0.1, 0.15) is 5.82 Å². The van der Waals surface area contributed by atoms with Gasteiger partial charge in [-0.15, -0.1) is 0 Å². The van der Waals surface area contributed by atoms with Crippen molar-refractivity contribution in [3.8, 4) is 5.69 Å². The van der Waals surface area contributed by atoms with Crippen LogP contribution in [-0.2, 0) is 6.18 Å². The third kappa shape index (κ3) is 3.09. The van der Waals surface area contributed by atoms with Gasteiger partial charge in [-0.1, -0.05) is 19.9 Å². The molecule has 0 unspecified atom stereocenters. The normalized spacial score (nSPS) is 12.1. The van der Waals surface area contributed by atoms with Gasteiger partial charge in [-0.2, -0.15) is 13.2 Å². The van der Waals surface area contributed by atoms with E-state index in [0.717, 1.165) is 12.1 Å². The van der Waals surface area contributed by atoms with Gasteiger partial charge in [0.15, 0.2) is 0 Å². The highest BCUT2D eigenvalue weighted by Gasteiger charge is 2.31. The number of carboxylic acid groups (broad SMARTS) is 1. The number of halogens is 3. The van der Waals surface area contributed by atoms with Gasteiger partial charge in [-0.25, -0.2) is 9.78 Å². The lowest BCUT2D eigenvalue weighted by molar-refractivity contribution is -0.137. The van der Waals surface area contributed by atoms with Gasteiger partial charge < -0.3 is 5.11 Å². The van der Waals surface area contributed by atoms with Crippen molar-refractivity contribution in [2.45, 2.75) is 25.9 Å². The van der Waals surface area contributed by atoms with Crippen LogP contribution in [0.2, 0.25) is 0 Å². The topological polar surface area (TPSA) is 55.1 Å². The van der Waals surface area contributed by atoms with Gasteiger partial charge in [0.05, 0.1) is 22.2 Å². The Bertz CT molecular complexity index is 959. The molecule has 1 N–H and O–H groups in total. The highest BCUT2D eigenvalue weighted by Crippen LogP contribution is 2.33. The molecule has 1 heterocycles. The average Bonchev–Trinajstić information content (AvgIpc) is 2.93. The van der Waals surface area contributed by atoms with E-state index in [1.165, 1.54) is 18.2 Å². The number of rotatable bonds is 3. The van der Waals surface area contributed by atoms with E-state index >= 15 is 0 Å². The minimum Gasteiger partial charge on any atom is -0.478 e. The van der Waals surface area contributed by atoms with Crippen LogP contribution in [0.25, 0.3) is 16.7 Å². The van der Waals surface area contributed by atoms with Crippen LogP contribution < -0.4 is 0 Å². The van der Waals surface area contributed by atoms with E-state index in [1.54, 1.807) is 16.7 Å². The number of aromatic nitrogens is 2. The number of aromatic carboxylic acids is 1. The fraction of sp³-hybridized carbons (Fsp3) is 0.222. The highest BCUT2D eigenvalue weighted by molar-refractivity contribution is 5.88. The lowest BCUT2D eigenvalue weighted by Crippen LogP contribution is -2.05. The minimum atomic E-state index is -4.45. The van der Waals surface area contributed by atoms with Crippen LogP contribution in [0.3, 0.4) is 0 Å². The van der Waals surface area contributed by atoms with Gasteiger partial charge in [-0.3, -0.25) is 4.57 Å². The molecule has 0 saturated heterocycles. The Balaban J connectivity index is 2.28. The molecule has 0 bridgehead atoms. The van der Waals surface area contributed by atoms with Crippen molar-refractivity contribution >= 4 is 17.0 Å². The zero-order chi connectivity index (χ0) is 18.4. The summed E-state index contributed by atoms with van der Waals surface area (Å²) in [6, 6.07) is 9.62. The summed E-state index contributed by atoms with van der Waals surface area (Å²) in [5.41, 5.74) is 0.601. The molecule has 0 spiro atoms. The Labute approximate surface area is 141 Å². The van der Waals surface area contributed by atoms with Crippen molar-refractivity contribution in [3.63, 3.8) is 0 Å². The van der Waals surface area contributed by atoms with Gasteiger partial charge in [0.2, 0.25) is 0 Å². The van der Waals surface area contributed by atoms with E-state index in [1.807, 2.05) is 13.8 Å². The molecule has 0 radical (unpaired) electrons. The molecule has 130 valence electrons. The van der Waals surface area contributed by atoms with Crippen LogP contribution in [0.1, 0.15) is 41.5 Å². The summed E-state index contributed by atoms with van der Waals surface area (Å²) in [7, 11) is 0. The molecule has 0 saturated carbocycles. The smallest absolute Gasteiger partial charge is 0.416 e. The summed E-state index contributed by atoms with van der Waals surface area (Å²) >= 11 is 0. The van der Waals surface area contributed by atoms with Crippen molar-refractivity contribution < 1.29 is 23.1 Å². The lowest BCUT2D eigenvalue weighted by Gasteiger charge is -2.12. The maximum atomic E-state index is 12.9. The second kappa shape index (κ2) is 5.91. The Kier molecular flexibility index (Phi) is 4.02. The first-order valence-corrected chi connectivity index (χ1v) is 7.62. The lowest BCUT2D eigenvalue weighted by atomic mass is 10.1. The zero-order valence-corrected chi connectivity index (χ0v) is 13.5. The van der Waals surface area contributed by atoms with Crippen molar-refractivity contribution in [2.24, 2.45) is 0 Å². The Morgan fingerprint density at radius 1 is 1.16 bits per heavy atom. The number of carbonyl (C=O) groups is 1. The number of benzene rings is 2. The molecule has 3 rings (SSSR count). The molecule has 0 aliphatic heterocycles. The second-order valence-corrected chi connectivity index (χ2v) is 6.02. The summed E-state index contributed by atoms with van der Waals surface area (Å²) in [6.45, 7) is 3.76. The van der Waals surface area contributed by atoms with Crippen molar-refractivity contribution in [2.75, 3.05) is 0 Å². The number of imidazole rings is 1. The molecule has 3 aromatic rings. The quantitative estimate of drug-likeness (QED) is 0.735. The van der Waals surface area contributed by atoms with Crippen LogP contribution >= 0.6 is 0 Å². The van der Waals surface area contributed by atoms with Crippen LogP contribution in [0, 0.1) is 0 Å². The monoisotopic (exact) mass is 348 g/mol. The fourth-order valence-corrected chi connectivity index (χ4v) is 2.71. The summed E-state index contributed by atoms with van der Waals surface area (Å²) in [5, 5.41) is 9.17. The second-order valence-electron chi connectivity index (χ2n) is 6.02. The first-order chi connectivity index (χ1) is 11.7. The maximum absolute atomic E-state index is 12.9.